The van der Waals surface area contributed by atoms with E-state index < -0.39 is 11.9 Å². The molecule has 1 amide bonds. The Morgan fingerprint density at radius 3 is 2.71 bits per heavy atom. The summed E-state index contributed by atoms with van der Waals surface area (Å²) >= 11 is 0. The normalized spacial score (nSPS) is 11.6. The fourth-order valence-corrected chi connectivity index (χ4v) is 3.03. The highest BCUT2D eigenvalue weighted by Crippen LogP contribution is 2.17. The molecule has 1 aromatic carbocycles. The van der Waals surface area contributed by atoms with Crippen molar-refractivity contribution < 1.29 is 13.6 Å². The molecular weight excluding hydrogens is 400 g/mol. The van der Waals surface area contributed by atoms with Crippen LogP contribution in [0.2, 0.25) is 0 Å². The highest BCUT2D eigenvalue weighted by atomic mass is 19.1. The van der Waals surface area contributed by atoms with Crippen molar-refractivity contribution in [1.29, 1.82) is 0 Å². The highest BCUT2D eigenvalue weighted by Gasteiger charge is 2.16. The van der Waals surface area contributed by atoms with Gasteiger partial charge in [0, 0.05) is 23.5 Å². The van der Waals surface area contributed by atoms with E-state index in [9.17, 15) is 13.6 Å². The van der Waals surface area contributed by atoms with E-state index in [2.05, 4.69) is 27.2 Å². The van der Waals surface area contributed by atoms with Crippen LogP contribution in [0.4, 0.5) is 14.6 Å². The molecule has 8 heteroatoms. The molecule has 0 aliphatic rings. The molecule has 1 atom stereocenters. The van der Waals surface area contributed by atoms with Gasteiger partial charge in [0.05, 0.1) is 23.3 Å². The molecule has 6 nitrogen and oxygen atoms in total. The lowest BCUT2D eigenvalue weighted by molar-refractivity contribution is 0.0941. The SMILES string of the molecule is C[C@H](NC(=O)c1cnn2ccc(C#Cc3cnc(N)c(F)c3)cc12)c1cccc(F)c1. The largest absolute Gasteiger partial charge is 0.381 e. The molecule has 4 aromatic rings. The standard InChI is InChI=1S/C23H17F2N5O/c1-14(17-3-2-4-18(24)11-17)29-23(31)19-13-28-30-8-7-15(10-21(19)30)5-6-16-9-20(25)22(26)27-12-16/h2-4,7-14H,1H3,(H2,26,27)(H,29,31)/t14-/m0/s1. The molecule has 4 rings (SSSR count). The first-order valence-corrected chi connectivity index (χ1v) is 9.37. The summed E-state index contributed by atoms with van der Waals surface area (Å²) < 4.78 is 28.5. The van der Waals surface area contributed by atoms with E-state index in [1.807, 2.05) is 0 Å². The van der Waals surface area contributed by atoms with Crippen LogP contribution in [0.25, 0.3) is 5.52 Å². The van der Waals surface area contributed by atoms with Gasteiger partial charge in [-0.05, 0) is 42.8 Å². The van der Waals surface area contributed by atoms with Crippen LogP contribution < -0.4 is 11.1 Å². The average molecular weight is 417 g/mol. The van der Waals surface area contributed by atoms with E-state index in [1.54, 1.807) is 41.9 Å². The summed E-state index contributed by atoms with van der Waals surface area (Å²) in [4.78, 5) is 16.5. The number of pyridine rings is 2. The van der Waals surface area contributed by atoms with Crippen molar-refractivity contribution in [3.05, 3.63) is 94.9 Å². The monoisotopic (exact) mass is 417 g/mol. The van der Waals surface area contributed by atoms with Gasteiger partial charge in [-0.25, -0.2) is 18.3 Å². The first kappa shape index (κ1) is 20.0. The Morgan fingerprint density at radius 1 is 1.13 bits per heavy atom. The number of anilines is 1. The van der Waals surface area contributed by atoms with E-state index in [4.69, 9.17) is 5.73 Å². The number of nitrogens with one attached hydrogen (secondary N) is 1. The number of rotatable bonds is 3. The second kappa shape index (κ2) is 8.24. The van der Waals surface area contributed by atoms with Gasteiger partial charge in [0.1, 0.15) is 5.82 Å². The number of carbonyl (C=O) groups excluding carboxylic acids is 1. The van der Waals surface area contributed by atoms with Crippen LogP contribution in [0.3, 0.4) is 0 Å². The quantitative estimate of drug-likeness (QED) is 0.500. The number of benzene rings is 1. The maximum absolute atomic E-state index is 13.5. The third-order valence-electron chi connectivity index (χ3n) is 4.68. The Bertz CT molecular complexity index is 1350. The van der Waals surface area contributed by atoms with Crippen LogP contribution in [-0.4, -0.2) is 20.5 Å². The third-order valence-corrected chi connectivity index (χ3v) is 4.68. The highest BCUT2D eigenvalue weighted by molar-refractivity contribution is 6.00. The lowest BCUT2D eigenvalue weighted by Gasteiger charge is -2.14. The van der Waals surface area contributed by atoms with Crippen LogP contribution in [0.5, 0.6) is 0 Å². The summed E-state index contributed by atoms with van der Waals surface area (Å²) in [5.74, 6) is 4.20. The molecule has 3 aromatic heterocycles. The van der Waals surface area contributed by atoms with Crippen molar-refractivity contribution in [1.82, 2.24) is 19.9 Å². The van der Waals surface area contributed by atoms with Gasteiger partial charge in [0.2, 0.25) is 0 Å². The lowest BCUT2D eigenvalue weighted by Crippen LogP contribution is -2.26. The van der Waals surface area contributed by atoms with Crippen LogP contribution in [0.1, 0.15) is 40.0 Å². The van der Waals surface area contributed by atoms with Gasteiger partial charge in [0.25, 0.3) is 5.91 Å². The summed E-state index contributed by atoms with van der Waals surface area (Å²) in [5.41, 5.74) is 7.92. The van der Waals surface area contributed by atoms with E-state index in [1.165, 1.54) is 30.6 Å². The molecule has 31 heavy (non-hydrogen) atoms. The second-order valence-corrected chi connectivity index (χ2v) is 6.89. The Kier molecular flexibility index (Phi) is 5.33. The molecule has 154 valence electrons. The number of carbonyl (C=O) groups is 1. The topological polar surface area (TPSA) is 85.3 Å². The van der Waals surface area contributed by atoms with Gasteiger partial charge in [0.15, 0.2) is 11.6 Å². The summed E-state index contributed by atoms with van der Waals surface area (Å²) in [6.45, 7) is 1.77. The predicted molar refractivity (Wildman–Crippen MR) is 112 cm³/mol. The van der Waals surface area contributed by atoms with E-state index in [-0.39, 0.29) is 17.5 Å². The molecule has 0 aliphatic carbocycles. The van der Waals surface area contributed by atoms with Gasteiger partial charge in [-0.3, -0.25) is 4.79 Å². The zero-order valence-corrected chi connectivity index (χ0v) is 16.4. The fraction of sp³-hybridized carbons (Fsp3) is 0.0870. The number of fused-ring (bicyclic) bond motifs is 1. The molecule has 0 saturated heterocycles. The summed E-state index contributed by atoms with van der Waals surface area (Å²) in [6.07, 6.45) is 4.52. The summed E-state index contributed by atoms with van der Waals surface area (Å²) in [5, 5.41) is 7.04. The number of hydrogen-bond donors (Lipinski definition) is 2. The van der Waals surface area contributed by atoms with Gasteiger partial charge in [-0.1, -0.05) is 24.0 Å². The summed E-state index contributed by atoms with van der Waals surface area (Å²) in [7, 11) is 0. The molecule has 0 unspecified atom stereocenters. The number of hydrogen-bond acceptors (Lipinski definition) is 4. The molecular formula is C23H17F2N5O. The second-order valence-electron chi connectivity index (χ2n) is 6.89. The minimum atomic E-state index is -0.635. The molecule has 0 fully saturated rings. The number of aromatic nitrogens is 3. The van der Waals surface area contributed by atoms with Gasteiger partial charge in [-0.2, -0.15) is 5.10 Å². The number of nitrogen functional groups attached to an aromatic ring is 1. The van der Waals surface area contributed by atoms with Crippen LogP contribution >= 0.6 is 0 Å². The van der Waals surface area contributed by atoms with E-state index in [0.717, 1.165) is 0 Å². The zero-order valence-electron chi connectivity index (χ0n) is 16.4. The maximum atomic E-state index is 13.5. The molecule has 3 heterocycles. The molecule has 3 N–H and O–H groups in total. The molecule has 0 aliphatic heterocycles. The van der Waals surface area contributed by atoms with Crippen molar-refractivity contribution in [3.63, 3.8) is 0 Å². The zero-order chi connectivity index (χ0) is 22.0. The van der Waals surface area contributed by atoms with Crippen LogP contribution in [0, 0.1) is 23.5 Å². The Hall–Kier alpha value is -4.25. The summed E-state index contributed by atoms with van der Waals surface area (Å²) in [6, 6.07) is 10.3. The van der Waals surface area contributed by atoms with Crippen molar-refractivity contribution in [2.75, 3.05) is 5.73 Å². The molecule has 0 bridgehead atoms. The van der Waals surface area contributed by atoms with Crippen molar-refractivity contribution >= 4 is 17.2 Å². The van der Waals surface area contributed by atoms with E-state index >= 15 is 0 Å². The number of nitrogens with zero attached hydrogens (tertiary/aromatic N) is 3. The van der Waals surface area contributed by atoms with Gasteiger partial charge in [-0.15, -0.1) is 0 Å². The fourth-order valence-electron chi connectivity index (χ4n) is 3.03. The number of amides is 1. The molecule has 0 saturated carbocycles. The molecule has 0 radical (unpaired) electrons. The van der Waals surface area contributed by atoms with Crippen LogP contribution in [-0.2, 0) is 0 Å². The van der Waals surface area contributed by atoms with Crippen molar-refractivity contribution in [3.8, 4) is 11.8 Å². The predicted octanol–water partition coefficient (Wildman–Crippen LogP) is 3.48. The number of nitrogens with two attached hydrogens (primary N) is 1. The minimum absolute atomic E-state index is 0.186. The molecule has 0 spiro atoms. The Balaban J connectivity index is 1.59. The first-order chi connectivity index (χ1) is 14.9. The van der Waals surface area contributed by atoms with Gasteiger partial charge < -0.3 is 11.1 Å². The van der Waals surface area contributed by atoms with Crippen molar-refractivity contribution in [2.45, 2.75) is 13.0 Å². The Labute approximate surface area is 176 Å². The average Bonchev–Trinajstić information content (AvgIpc) is 3.18. The van der Waals surface area contributed by atoms with Crippen LogP contribution in [0.15, 0.2) is 61.1 Å². The maximum Gasteiger partial charge on any atom is 0.255 e. The lowest BCUT2D eigenvalue weighted by atomic mass is 10.1. The number of halogens is 2. The van der Waals surface area contributed by atoms with E-state index in [0.29, 0.717) is 27.8 Å². The Morgan fingerprint density at radius 2 is 1.94 bits per heavy atom. The minimum Gasteiger partial charge on any atom is -0.381 e. The third kappa shape index (κ3) is 4.36. The first-order valence-electron chi connectivity index (χ1n) is 9.37. The van der Waals surface area contributed by atoms with Gasteiger partial charge >= 0.3 is 0 Å². The smallest absolute Gasteiger partial charge is 0.255 e. The van der Waals surface area contributed by atoms with Crippen molar-refractivity contribution in [2.24, 2.45) is 0 Å².